The van der Waals surface area contributed by atoms with Crippen molar-refractivity contribution in [1.82, 2.24) is 0 Å². The number of allylic oxidation sites excluding steroid dienone is 9. The monoisotopic (exact) mass is 518 g/mol. The van der Waals surface area contributed by atoms with Crippen LogP contribution in [0.3, 0.4) is 0 Å². The fraction of sp³-hybridized carbons (Fsp3) is 0.613. The topological polar surface area (TPSA) is 93.1 Å². The molecule has 0 heterocycles. The SMILES string of the molecule is CCCCCCCC(=O)OC[C@H](CO)OC(=O)CCC/C=C\C/C=C\C/C=C\C/C=C\C=C\[C@H](O)CC. The van der Waals surface area contributed by atoms with Crippen LogP contribution in [-0.2, 0) is 19.1 Å². The summed E-state index contributed by atoms with van der Waals surface area (Å²) < 4.78 is 10.3. The maximum atomic E-state index is 12.0. The molecule has 0 fully saturated rings. The van der Waals surface area contributed by atoms with E-state index < -0.39 is 6.10 Å². The number of ether oxygens (including phenoxy) is 2. The average Bonchev–Trinajstić information content (AvgIpc) is 2.90. The van der Waals surface area contributed by atoms with Gasteiger partial charge in [0, 0.05) is 12.8 Å². The van der Waals surface area contributed by atoms with Gasteiger partial charge in [-0.3, -0.25) is 9.59 Å². The number of carbonyl (C=O) groups excluding carboxylic acids is 2. The minimum atomic E-state index is -0.807. The number of aliphatic hydroxyl groups excluding tert-OH is 2. The summed E-state index contributed by atoms with van der Waals surface area (Å²) in [6, 6.07) is 0. The molecule has 0 saturated heterocycles. The van der Waals surface area contributed by atoms with E-state index in [1.807, 2.05) is 31.2 Å². The summed E-state index contributed by atoms with van der Waals surface area (Å²) in [6.07, 6.45) is 29.7. The highest BCUT2D eigenvalue weighted by Crippen LogP contribution is 2.07. The number of carbonyl (C=O) groups is 2. The standard InChI is InChI=1S/C31H50O6/c1-3-5-6-17-21-24-30(34)36-27-29(26-32)37-31(35)25-22-19-16-14-12-10-8-7-9-11-13-15-18-20-23-28(33)4-2/h8-11,14-16,18,20,23,28-29,32-33H,3-7,12-13,17,19,21-22,24-27H2,1-2H3/b10-8-,11-9-,16-14-,18-15-,23-20+/t28-,29+/m1/s1. The average molecular weight is 519 g/mol. The van der Waals surface area contributed by atoms with Crippen molar-refractivity contribution >= 4 is 11.9 Å². The van der Waals surface area contributed by atoms with Crippen molar-refractivity contribution in [3.8, 4) is 0 Å². The lowest BCUT2D eigenvalue weighted by Crippen LogP contribution is -2.28. The van der Waals surface area contributed by atoms with Crippen LogP contribution in [0.25, 0.3) is 0 Å². The predicted octanol–water partition coefficient (Wildman–Crippen LogP) is 6.69. The summed E-state index contributed by atoms with van der Waals surface area (Å²) >= 11 is 0. The molecule has 0 saturated carbocycles. The summed E-state index contributed by atoms with van der Waals surface area (Å²) in [7, 11) is 0. The quantitative estimate of drug-likeness (QED) is 0.0678. The highest BCUT2D eigenvalue weighted by molar-refractivity contribution is 5.70. The van der Waals surface area contributed by atoms with Gasteiger partial charge in [-0.2, -0.15) is 0 Å². The van der Waals surface area contributed by atoms with E-state index in [1.165, 1.54) is 6.42 Å². The van der Waals surface area contributed by atoms with Crippen LogP contribution < -0.4 is 0 Å². The van der Waals surface area contributed by atoms with Gasteiger partial charge in [-0.25, -0.2) is 0 Å². The van der Waals surface area contributed by atoms with Crippen LogP contribution >= 0.6 is 0 Å². The fourth-order valence-corrected chi connectivity index (χ4v) is 3.18. The maximum absolute atomic E-state index is 12.0. The van der Waals surface area contributed by atoms with E-state index in [2.05, 4.69) is 37.3 Å². The van der Waals surface area contributed by atoms with Gasteiger partial charge in [0.25, 0.3) is 0 Å². The molecule has 0 radical (unpaired) electrons. The third-order valence-electron chi connectivity index (χ3n) is 5.48. The zero-order valence-corrected chi connectivity index (χ0v) is 23.1. The molecule has 0 bridgehead atoms. The fourth-order valence-electron chi connectivity index (χ4n) is 3.18. The summed E-state index contributed by atoms with van der Waals surface area (Å²) in [5.41, 5.74) is 0. The van der Waals surface area contributed by atoms with Crippen LogP contribution in [0.5, 0.6) is 0 Å². The van der Waals surface area contributed by atoms with Crippen molar-refractivity contribution in [3.05, 3.63) is 60.8 Å². The zero-order valence-electron chi connectivity index (χ0n) is 23.1. The Morgan fingerprint density at radius 1 is 0.757 bits per heavy atom. The van der Waals surface area contributed by atoms with Gasteiger partial charge in [-0.15, -0.1) is 0 Å². The van der Waals surface area contributed by atoms with Crippen molar-refractivity contribution in [2.45, 2.75) is 110 Å². The summed E-state index contributed by atoms with van der Waals surface area (Å²) in [5.74, 6) is -0.703. The highest BCUT2D eigenvalue weighted by Gasteiger charge is 2.15. The largest absolute Gasteiger partial charge is 0.462 e. The molecule has 210 valence electrons. The lowest BCUT2D eigenvalue weighted by molar-refractivity contribution is -0.161. The zero-order chi connectivity index (χ0) is 27.4. The van der Waals surface area contributed by atoms with Gasteiger partial charge >= 0.3 is 11.9 Å². The summed E-state index contributed by atoms with van der Waals surface area (Å²) in [6.45, 7) is 3.62. The second-order valence-corrected chi connectivity index (χ2v) is 8.94. The predicted molar refractivity (Wildman–Crippen MR) is 151 cm³/mol. The third-order valence-corrected chi connectivity index (χ3v) is 5.48. The Hall–Kier alpha value is -2.44. The number of unbranched alkanes of at least 4 members (excludes halogenated alkanes) is 5. The van der Waals surface area contributed by atoms with Crippen molar-refractivity contribution in [2.75, 3.05) is 13.2 Å². The van der Waals surface area contributed by atoms with Crippen LogP contribution in [0.2, 0.25) is 0 Å². The Kier molecular flexibility index (Phi) is 24.9. The van der Waals surface area contributed by atoms with Gasteiger partial charge in [-0.05, 0) is 44.9 Å². The maximum Gasteiger partial charge on any atom is 0.306 e. The molecule has 0 unspecified atom stereocenters. The van der Waals surface area contributed by atoms with E-state index in [9.17, 15) is 19.8 Å². The first-order chi connectivity index (χ1) is 18.0. The van der Waals surface area contributed by atoms with E-state index in [4.69, 9.17) is 9.47 Å². The second-order valence-electron chi connectivity index (χ2n) is 8.94. The molecule has 0 aliphatic heterocycles. The molecular weight excluding hydrogens is 468 g/mol. The lowest BCUT2D eigenvalue weighted by Gasteiger charge is -2.15. The molecule has 6 heteroatoms. The molecule has 6 nitrogen and oxygen atoms in total. The van der Waals surface area contributed by atoms with Crippen molar-refractivity contribution in [2.24, 2.45) is 0 Å². The van der Waals surface area contributed by atoms with Crippen LogP contribution in [0.1, 0.15) is 97.3 Å². The summed E-state index contributed by atoms with van der Waals surface area (Å²) in [4.78, 5) is 23.7. The van der Waals surface area contributed by atoms with Gasteiger partial charge in [0.05, 0.1) is 12.7 Å². The molecule has 0 rings (SSSR count). The van der Waals surface area contributed by atoms with Gasteiger partial charge in [0.1, 0.15) is 6.61 Å². The molecule has 0 aromatic rings. The first-order valence-corrected chi connectivity index (χ1v) is 14.0. The van der Waals surface area contributed by atoms with Gasteiger partial charge < -0.3 is 19.7 Å². The first kappa shape index (κ1) is 34.6. The smallest absolute Gasteiger partial charge is 0.306 e. The second kappa shape index (κ2) is 26.6. The molecule has 37 heavy (non-hydrogen) atoms. The van der Waals surface area contributed by atoms with E-state index in [-0.39, 0.29) is 37.7 Å². The molecule has 0 aliphatic rings. The van der Waals surface area contributed by atoms with Gasteiger partial charge in [0.15, 0.2) is 6.10 Å². The molecule has 0 aromatic carbocycles. The number of rotatable bonds is 23. The molecule has 0 spiro atoms. The molecule has 0 amide bonds. The van der Waals surface area contributed by atoms with Crippen LogP contribution in [0.15, 0.2) is 60.8 Å². The normalized spacial score (nSPS) is 13.9. The first-order valence-electron chi connectivity index (χ1n) is 14.0. The molecule has 2 N–H and O–H groups in total. The number of esters is 2. The van der Waals surface area contributed by atoms with Crippen LogP contribution in [-0.4, -0.2) is 47.6 Å². The highest BCUT2D eigenvalue weighted by atomic mass is 16.6. The minimum absolute atomic E-state index is 0.102. The number of hydrogen-bond donors (Lipinski definition) is 2. The van der Waals surface area contributed by atoms with Gasteiger partial charge in [0.2, 0.25) is 0 Å². The molecular formula is C31H50O6. The molecule has 0 aromatic heterocycles. The van der Waals surface area contributed by atoms with E-state index >= 15 is 0 Å². The Bertz CT molecular complexity index is 704. The Morgan fingerprint density at radius 3 is 2.03 bits per heavy atom. The summed E-state index contributed by atoms with van der Waals surface area (Å²) in [5, 5.41) is 18.8. The minimum Gasteiger partial charge on any atom is -0.462 e. The van der Waals surface area contributed by atoms with Crippen LogP contribution in [0.4, 0.5) is 0 Å². The Balaban J connectivity index is 3.81. The van der Waals surface area contributed by atoms with E-state index in [0.29, 0.717) is 12.8 Å². The van der Waals surface area contributed by atoms with Crippen molar-refractivity contribution in [1.29, 1.82) is 0 Å². The molecule has 0 aliphatic carbocycles. The number of aliphatic hydroxyl groups is 2. The Morgan fingerprint density at radius 2 is 1.38 bits per heavy atom. The lowest BCUT2D eigenvalue weighted by atomic mass is 10.1. The van der Waals surface area contributed by atoms with E-state index in [1.54, 1.807) is 6.08 Å². The third kappa shape index (κ3) is 25.0. The van der Waals surface area contributed by atoms with Crippen LogP contribution in [0, 0.1) is 0 Å². The van der Waals surface area contributed by atoms with Crippen molar-refractivity contribution in [3.63, 3.8) is 0 Å². The molecule has 2 atom stereocenters. The van der Waals surface area contributed by atoms with Crippen molar-refractivity contribution < 1.29 is 29.3 Å². The Labute approximate surface area is 224 Å². The number of hydrogen-bond acceptors (Lipinski definition) is 6. The van der Waals surface area contributed by atoms with Gasteiger partial charge in [-0.1, -0.05) is 100 Å². The van der Waals surface area contributed by atoms with E-state index in [0.717, 1.165) is 57.8 Å².